The van der Waals surface area contributed by atoms with Crippen LogP contribution in [-0.2, 0) is 0 Å². The molecule has 26 heavy (non-hydrogen) atoms. The second kappa shape index (κ2) is 6.96. The Kier molecular flexibility index (Phi) is 4.35. The molecule has 3 heterocycles. The molecule has 1 N–H and O–H groups in total. The van der Waals surface area contributed by atoms with Gasteiger partial charge in [-0.2, -0.15) is 0 Å². The predicted octanol–water partition coefficient (Wildman–Crippen LogP) is 3.41. The molecule has 0 bridgehead atoms. The number of rotatable bonds is 3. The first-order valence-electron chi connectivity index (χ1n) is 8.73. The van der Waals surface area contributed by atoms with Gasteiger partial charge in [0.25, 0.3) is 11.5 Å². The Morgan fingerprint density at radius 2 is 1.81 bits per heavy atom. The van der Waals surface area contributed by atoms with Gasteiger partial charge in [-0.05, 0) is 48.2 Å². The minimum absolute atomic E-state index is 0.00120. The smallest absolute Gasteiger partial charge is 0.261 e. The van der Waals surface area contributed by atoms with Crippen LogP contribution in [0.15, 0.2) is 71.8 Å². The summed E-state index contributed by atoms with van der Waals surface area (Å²) in [6, 6.07) is 16.9. The normalized spacial score (nSPS) is 16.6. The van der Waals surface area contributed by atoms with Crippen molar-refractivity contribution in [2.45, 2.75) is 18.9 Å². The van der Waals surface area contributed by atoms with Gasteiger partial charge < -0.3 is 9.88 Å². The van der Waals surface area contributed by atoms with Crippen LogP contribution in [0, 0.1) is 0 Å². The first-order chi connectivity index (χ1) is 12.7. The van der Waals surface area contributed by atoms with Crippen molar-refractivity contribution < 1.29 is 4.79 Å². The fraction of sp³-hybridized carbons (Fsp3) is 0.190. The summed E-state index contributed by atoms with van der Waals surface area (Å²) in [6.45, 7) is 0.658. The third kappa shape index (κ3) is 3.04. The molecular formula is C21H19N3O2. The van der Waals surface area contributed by atoms with Crippen molar-refractivity contribution in [2.75, 3.05) is 6.54 Å². The van der Waals surface area contributed by atoms with Gasteiger partial charge >= 0.3 is 0 Å². The molecule has 1 aliphatic rings. The molecule has 1 aliphatic heterocycles. The average molecular weight is 345 g/mol. The Balaban J connectivity index is 1.63. The van der Waals surface area contributed by atoms with Gasteiger partial charge in [0, 0.05) is 24.6 Å². The summed E-state index contributed by atoms with van der Waals surface area (Å²) in [7, 11) is 0. The standard InChI is InChI=1S/C21H19N3O2/c25-20-17(8-9-18(23-20)15-5-2-1-3-6-15)21(26)24-14-4-7-19(24)16-10-12-22-13-11-16/h1-3,5-6,8-13,19H,4,7,14H2,(H,23,25)/t19-/m1/s1. The zero-order chi connectivity index (χ0) is 17.9. The lowest BCUT2D eigenvalue weighted by Crippen LogP contribution is -2.34. The second-order valence-electron chi connectivity index (χ2n) is 6.42. The monoisotopic (exact) mass is 345 g/mol. The van der Waals surface area contributed by atoms with Gasteiger partial charge in [-0.1, -0.05) is 30.3 Å². The van der Waals surface area contributed by atoms with E-state index in [4.69, 9.17) is 0 Å². The number of nitrogens with one attached hydrogen (secondary N) is 1. The summed E-state index contributed by atoms with van der Waals surface area (Å²) < 4.78 is 0. The van der Waals surface area contributed by atoms with E-state index in [-0.39, 0.29) is 23.1 Å². The molecule has 1 fully saturated rings. The summed E-state index contributed by atoms with van der Waals surface area (Å²) in [6.07, 6.45) is 5.30. The lowest BCUT2D eigenvalue weighted by molar-refractivity contribution is 0.0734. The van der Waals surface area contributed by atoms with E-state index in [0.29, 0.717) is 12.2 Å². The molecule has 1 aromatic carbocycles. The SMILES string of the molecule is O=C(c1ccc(-c2ccccc2)[nH]c1=O)N1CCC[C@@H]1c1ccncc1. The Morgan fingerprint density at radius 3 is 2.54 bits per heavy atom. The largest absolute Gasteiger partial charge is 0.331 e. The summed E-state index contributed by atoms with van der Waals surface area (Å²) >= 11 is 0. The molecule has 4 rings (SSSR count). The van der Waals surface area contributed by atoms with Crippen LogP contribution in [0.2, 0.25) is 0 Å². The number of likely N-dealkylation sites (tertiary alicyclic amines) is 1. The van der Waals surface area contributed by atoms with E-state index in [1.165, 1.54) is 0 Å². The molecule has 3 aromatic rings. The number of amides is 1. The van der Waals surface area contributed by atoms with Crippen molar-refractivity contribution in [2.24, 2.45) is 0 Å². The fourth-order valence-electron chi connectivity index (χ4n) is 3.52. The first-order valence-corrected chi connectivity index (χ1v) is 8.73. The molecule has 130 valence electrons. The first kappa shape index (κ1) is 16.3. The minimum atomic E-state index is -0.350. The lowest BCUT2D eigenvalue weighted by atomic mass is 10.1. The summed E-state index contributed by atoms with van der Waals surface area (Å²) in [5.74, 6) is -0.217. The van der Waals surface area contributed by atoms with Gasteiger partial charge in [-0.15, -0.1) is 0 Å². The number of aromatic nitrogens is 2. The van der Waals surface area contributed by atoms with Gasteiger partial charge in [-0.3, -0.25) is 14.6 Å². The summed E-state index contributed by atoms with van der Waals surface area (Å²) in [5.41, 5.74) is 2.52. The number of hydrogen-bond donors (Lipinski definition) is 1. The minimum Gasteiger partial charge on any atom is -0.331 e. The van der Waals surface area contributed by atoms with Gasteiger partial charge in [0.2, 0.25) is 0 Å². The molecular weight excluding hydrogens is 326 g/mol. The average Bonchev–Trinajstić information content (AvgIpc) is 3.19. The maximum absolute atomic E-state index is 13.0. The van der Waals surface area contributed by atoms with E-state index >= 15 is 0 Å². The zero-order valence-electron chi connectivity index (χ0n) is 14.3. The predicted molar refractivity (Wildman–Crippen MR) is 99.7 cm³/mol. The van der Waals surface area contributed by atoms with Crippen molar-refractivity contribution in [1.29, 1.82) is 0 Å². The van der Waals surface area contributed by atoms with E-state index < -0.39 is 0 Å². The van der Waals surface area contributed by atoms with Crippen molar-refractivity contribution in [3.05, 3.63) is 88.5 Å². The lowest BCUT2D eigenvalue weighted by Gasteiger charge is -2.24. The molecule has 1 atom stereocenters. The molecule has 1 saturated heterocycles. The summed E-state index contributed by atoms with van der Waals surface area (Å²) in [5, 5.41) is 0. The van der Waals surface area contributed by atoms with Crippen LogP contribution in [0.1, 0.15) is 34.8 Å². The Bertz CT molecular complexity index is 967. The molecule has 0 saturated carbocycles. The van der Waals surface area contributed by atoms with Crippen molar-refractivity contribution in [3.63, 3.8) is 0 Å². The van der Waals surface area contributed by atoms with Crippen LogP contribution in [0.4, 0.5) is 0 Å². The van der Waals surface area contributed by atoms with Gasteiger partial charge in [0.15, 0.2) is 0 Å². The van der Waals surface area contributed by atoms with Crippen LogP contribution in [0.25, 0.3) is 11.3 Å². The van der Waals surface area contributed by atoms with E-state index in [0.717, 1.165) is 24.0 Å². The Hall–Kier alpha value is -3.21. The second-order valence-corrected chi connectivity index (χ2v) is 6.42. The quantitative estimate of drug-likeness (QED) is 0.791. The molecule has 1 amide bonds. The van der Waals surface area contributed by atoms with Gasteiger partial charge in [-0.25, -0.2) is 0 Å². The van der Waals surface area contributed by atoms with Crippen LogP contribution >= 0.6 is 0 Å². The fourth-order valence-corrected chi connectivity index (χ4v) is 3.52. The number of nitrogens with zero attached hydrogens (tertiary/aromatic N) is 2. The van der Waals surface area contributed by atoms with Crippen LogP contribution in [0.3, 0.4) is 0 Å². The molecule has 5 heteroatoms. The number of carbonyl (C=O) groups is 1. The highest BCUT2D eigenvalue weighted by Gasteiger charge is 2.31. The number of hydrogen-bond acceptors (Lipinski definition) is 3. The van der Waals surface area contributed by atoms with Crippen molar-refractivity contribution in [1.82, 2.24) is 14.9 Å². The third-order valence-corrected chi connectivity index (χ3v) is 4.83. The maximum Gasteiger partial charge on any atom is 0.261 e. The molecule has 0 spiro atoms. The molecule has 0 radical (unpaired) electrons. The Morgan fingerprint density at radius 1 is 1.04 bits per heavy atom. The Labute approximate surface area is 151 Å². The van der Waals surface area contributed by atoms with Crippen molar-refractivity contribution >= 4 is 5.91 Å². The molecule has 5 nitrogen and oxygen atoms in total. The molecule has 0 aliphatic carbocycles. The molecule has 0 unspecified atom stereocenters. The van der Waals surface area contributed by atoms with Gasteiger partial charge in [0.1, 0.15) is 5.56 Å². The highest BCUT2D eigenvalue weighted by molar-refractivity contribution is 5.94. The van der Waals surface area contributed by atoms with Gasteiger partial charge in [0.05, 0.1) is 6.04 Å². The van der Waals surface area contributed by atoms with Crippen LogP contribution in [-0.4, -0.2) is 27.3 Å². The number of H-pyrrole nitrogens is 1. The number of benzene rings is 1. The maximum atomic E-state index is 13.0. The van der Waals surface area contributed by atoms with Crippen LogP contribution < -0.4 is 5.56 Å². The topological polar surface area (TPSA) is 66.1 Å². The number of pyridine rings is 2. The van der Waals surface area contributed by atoms with E-state index in [2.05, 4.69) is 9.97 Å². The van der Waals surface area contributed by atoms with E-state index in [9.17, 15) is 9.59 Å². The highest BCUT2D eigenvalue weighted by Crippen LogP contribution is 2.32. The van der Waals surface area contributed by atoms with Crippen molar-refractivity contribution in [3.8, 4) is 11.3 Å². The number of aromatic amines is 1. The van der Waals surface area contributed by atoms with Crippen LogP contribution in [0.5, 0.6) is 0 Å². The zero-order valence-corrected chi connectivity index (χ0v) is 14.3. The highest BCUT2D eigenvalue weighted by atomic mass is 16.2. The van der Waals surface area contributed by atoms with E-state index in [1.54, 1.807) is 29.4 Å². The molecule has 2 aromatic heterocycles. The third-order valence-electron chi connectivity index (χ3n) is 4.83. The summed E-state index contributed by atoms with van der Waals surface area (Å²) in [4.78, 5) is 34.2. The number of carbonyl (C=O) groups excluding carboxylic acids is 1. The van der Waals surface area contributed by atoms with E-state index in [1.807, 2.05) is 42.5 Å².